The number of nitrogens with zero attached hydrogens (tertiary/aromatic N) is 1. The summed E-state index contributed by atoms with van der Waals surface area (Å²) in [6, 6.07) is 19.4. The highest BCUT2D eigenvalue weighted by molar-refractivity contribution is 5.83. The molecule has 1 saturated heterocycles. The van der Waals surface area contributed by atoms with Crippen molar-refractivity contribution < 1.29 is 9.53 Å². The van der Waals surface area contributed by atoms with Crippen LogP contribution in [0.3, 0.4) is 0 Å². The lowest BCUT2D eigenvalue weighted by atomic mass is 9.72. The molecule has 0 radical (unpaired) electrons. The van der Waals surface area contributed by atoms with Crippen LogP contribution in [-0.2, 0) is 21.5 Å². The van der Waals surface area contributed by atoms with E-state index in [0.717, 1.165) is 44.0 Å². The molecular weight excluding hydrogens is 334 g/mol. The van der Waals surface area contributed by atoms with Crippen LogP contribution in [0.5, 0.6) is 0 Å². The van der Waals surface area contributed by atoms with Gasteiger partial charge in [0.1, 0.15) is 0 Å². The van der Waals surface area contributed by atoms with Crippen molar-refractivity contribution in [2.75, 3.05) is 19.7 Å². The Balaban J connectivity index is 1.51. The van der Waals surface area contributed by atoms with E-state index in [9.17, 15) is 4.79 Å². The molecule has 1 heterocycles. The Hall–Kier alpha value is -2.13. The van der Waals surface area contributed by atoms with E-state index >= 15 is 0 Å². The molecule has 0 atom stereocenters. The fraction of sp³-hybridized carbons (Fsp3) is 0.458. The van der Waals surface area contributed by atoms with E-state index in [1.54, 1.807) is 0 Å². The maximum absolute atomic E-state index is 13.0. The van der Waals surface area contributed by atoms with Gasteiger partial charge in [0.15, 0.2) is 0 Å². The fourth-order valence-corrected chi connectivity index (χ4v) is 4.31. The van der Waals surface area contributed by atoms with Gasteiger partial charge in [-0.1, -0.05) is 54.6 Å². The summed E-state index contributed by atoms with van der Waals surface area (Å²) in [7, 11) is 0. The first-order valence-corrected chi connectivity index (χ1v) is 10.3. The van der Waals surface area contributed by atoms with Gasteiger partial charge in [0.2, 0.25) is 0 Å². The summed E-state index contributed by atoms with van der Waals surface area (Å²) in [6.07, 6.45) is 4.25. The Labute approximate surface area is 162 Å². The highest BCUT2D eigenvalue weighted by atomic mass is 16.5. The Kier molecular flexibility index (Phi) is 5.31. The van der Waals surface area contributed by atoms with Crippen LogP contribution in [0.15, 0.2) is 54.6 Å². The standard InChI is InChI=1S/C24H29NO2/c1-2-27-23(26)24(22-12-10-21(11-13-22)20-8-9-20)14-16-25(17-15-24)18-19-6-4-3-5-7-19/h3-7,10-13,20H,2,8-9,14-18H2,1H3. The smallest absolute Gasteiger partial charge is 0.316 e. The van der Waals surface area contributed by atoms with Gasteiger partial charge >= 0.3 is 5.97 Å². The summed E-state index contributed by atoms with van der Waals surface area (Å²) in [4.78, 5) is 15.4. The molecule has 3 heteroatoms. The number of benzene rings is 2. The van der Waals surface area contributed by atoms with E-state index in [-0.39, 0.29) is 5.97 Å². The van der Waals surface area contributed by atoms with Gasteiger partial charge in [-0.2, -0.15) is 0 Å². The minimum atomic E-state index is -0.495. The molecule has 2 aromatic rings. The number of carbonyl (C=O) groups is 1. The van der Waals surface area contributed by atoms with Crippen molar-refractivity contribution in [2.24, 2.45) is 0 Å². The molecule has 4 rings (SSSR count). The summed E-state index contributed by atoms with van der Waals surface area (Å²) in [6.45, 7) is 5.11. The van der Waals surface area contributed by atoms with Gasteiger partial charge < -0.3 is 4.74 Å². The number of rotatable bonds is 6. The van der Waals surface area contributed by atoms with Crippen LogP contribution < -0.4 is 0 Å². The number of esters is 1. The van der Waals surface area contributed by atoms with Crippen LogP contribution in [0.1, 0.15) is 55.2 Å². The van der Waals surface area contributed by atoms with Crippen molar-refractivity contribution in [3.05, 3.63) is 71.3 Å². The molecule has 0 amide bonds. The first-order chi connectivity index (χ1) is 13.2. The number of hydrogen-bond donors (Lipinski definition) is 0. The maximum Gasteiger partial charge on any atom is 0.316 e. The zero-order valence-electron chi connectivity index (χ0n) is 16.2. The first kappa shape index (κ1) is 18.2. The molecule has 1 aliphatic carbocycles. The van der Waals surface area contributed by atoms with Gasteiger partial charge in [-0.15, -0.1) is 0 Å². The Morgan fingerprint density at radius 3 is 2.30 bits per heavy atom. The van der Waals surface area contributed by atoms with E-state index in [1.807, 2.05) is 6.92 Å². The minimum absolute atomic E-state index is 0.0523. The summed E-state index contributed by atoms with van der Waals surface area (Å²) < 4.78 is 5.53. The third kappa shape index (κ3) is 3.93. The summed E-state index contributed by atoms with van der Waals surface area (Å²) in [5.41, 5.74) is 3.38. The van der Waals surface area contributed by atoms with Crippen molar-refractivity contribution in [3.63, 3.8) is 0 Å². The van der Waals surface area contributed by atoms with Crippen molar-refractivity contribution in [1.29, 1.82) is 0 Å². The van der Waals surface area contributed by atoms with Gasteiger partial charge in [0, 0.05) is 6.54 Å². The van der Waals surface area contributed by atoms with Gasteiger partial charge in [0.25, 0.3) is 0 Å². The van der Waals surface area contributed by atoms with Crippen LogP contribution in [0.2, 0.25) is 0 Å². The molecule has 27 heavy (non-hydrogen) atoms. The topological polar surface area (TPSA) is 29.5 Å². The second-order valence-corrected chi connectivity index (χ2v) is 7.96. The van der Waals surface area contributed by atoms with Crippen LogP contribution in [-0.4, -0.2) is 30.6 Å². The Morgan fingerprint density at radius 2 is 1.70 bits per heavy atom. The van der Waals surface area contributed by atoms with E-state index in [4.69, 9.17) is 4.74 Å². The summed E-state index contributed by atoms with van der Waals surface area (Å²) in [5, 5.41) is 0. The largest absolute Gasteiger partial charge is 0.465 e. The molecule has 2 fully saturated rings. The molecule has 142 valence electrons. The average molecular weight is 364 g/mol. The predicted molar refractivity (Wildman–Crippen MR) is 108 cm³/mol. The molecule has 0 bridgehead atoms. The third-order valence-electron chi connectivity index (χ3n) is 6.14. The molecule has 0 spiro atoms. The highest BCUT2D eigenvalue weighted by Crippen LogP contribution is 2.42. The normalized spacial score (nSPS) is 19.6. The molecule has 2 aromatic carbocycles. The van der Waals surface area contributed by atoms with Gasteiger partial charge in [-0.05, 0) is 68.3 Å². The molecule has 3 nitrogen and oxygen atoms in total. The monoisotopic (exact) mass is 363 g/mol. The molecule has 0 unspecified atom stereocenters. The molecular formula is C24H29NO2. The lowest BCUT2D eigenvalue weighted by Crippen LogP contribution is -2.47. The maximum atomic E-state index is 13.0. The fourth-order valence-electron chi connectivity index (χ4n) is 4.31. The zero-order valence-corrected chi connectivity index (χ0v) is 16.2. The minimum Gasteiger partial charge on any atom is -0.465 e. The van der Waals surface area contributed by atoms with E-state index in [2.05, 4.69) is 59.5 Å². The average Bonchev–Trinajstić information content (AvgIpc) is 3.55. The lowest BCUT2D eigenvalue weighted by Gasteiger charge is -2.40. The van der Waals surface area contributed by atoms with E-state index in [0.29, 0.717) is 6.61 Å². The van der Waals surface area contributed by atoms with E-state index < -0.39 is 5.41 Å². The van der Waals surface area contributed by atoms with Crippen LogP contribution in [0.4, 0.5) is 0 Å². The number of likely N-dealkylation sites (tertiary alicyclic amines) is 1. The zero-order chi connectivity index (χ0) is 18.7. The number of hydrogen-bond acceptors (Lipinski definition) is 3. The molecule has 0 N–H and O–H groups in total. The Morgan fingerprint density at radius 1 is 1.04 bits per heavy atom. The number of carbonyl (C=O) groups excluding carboxylic acids is 1. The number of piperidine rings is 1. The second-order valence-electron chi connectivity index (χ2n) is 7.96. The lowest BCUT2D eigenvalue weighted by molar-refractivity contribution is -0.152. The highest BCUT2D eigenvalue weighted by Gasteiger charge is 2.44. The van der Waals surface area contributed by atoms with E-state index in [1.165, 1.54) is 24.0 Å². The Bertz CT molecular complexity index is 757. The molecule has 2 aliphatic rings. The van der Waals surface area contributed by atoms with Crippen LogP contribution >= 0.6 is 0 Å². The van der Waals surface area contributed by atoms with Crippen molar-refractivity contribution >= 4 is 5.97 Å². The van der Waals surface area contributed by atoms with Crippen LogP contribution in [0.25, 0.3) is 0 Å². The molecule has 0 aromatic heterocycles. The summed E-state index contributed by atoms with van der Waals surface area (Å²) >= 11 is 0. The van der Waals surface area contributed by atoms with Crippen LogP contribution in [0, 0.1) is 0 Å². The number of ether oxygens (including phenoxy) is 1. The van der Waals surface area contributed by atoms with Crippen molar-refractivity contribution in [2.45, 2.75) is 50.5 Å². The first-order valence-electron chi connectivity index (χ1n) is 10.3. The van der Waals surface area contributed by atoms with Crippen molar-refractivity contribution in [3.8, 4) is 0 Å². The van der Waals surface area contributed by atoms with Gasteiger partial charge in [0.05, 0.1) is 12.0 Å². The predicted octanol–water partition coefficient (Wildman–Crippen LogP) is 4.66. The SMILES string of the molecule is CCOC(=O)C1(c2ccc(C3CC3)cc2)CCN(Cc2ccccc2)CC1. The van der Waals surface area contributed by atoms with Gasteiger partial charge in [-0.25, -0.2) is 0 Å². The van der Waals surface area contributed by atoms with Crippen molar-refractivity contribution in [1.82, 2.24) is 4.90 Å². The second kappa shape index (κ2) is 7.85. The summed E-state index contributed by atoms with van der Waals surface area (Å²) in [5.74, 6) is 0.689. The quantitative estimate of drug-likeness (QED) is 0.699. The third-order valence-corrected chi connectivity index (χ3v) is 6.14. The van der Waals surface area contributed by atoms with Gasteiger partial charge in [-0.3, -0.25) is 9.69 Å². The molecule has 1 saturated carbocycles. The molecule has 1 aliphatic heterocycles.